The molecule has 0 bridgehead atoms. The summed E-state index contributed by atoms with van der Waals surface area (Å²) in [6.45, 7) is 2.21. The van der Waals surface area contributed by atoms with Gasteiger partial charge in [0.25, 0.3) is 0 Å². The Morgan fingerprint density at radius 3 is 2.35 bits per heavy atom. The van der Waals surface area contributed by atoms with Gasteiger partial charge in [-0.15, -0.1) is 0 Å². The van der Waals surface area contributed by atoms with E-state index < -0.39 is 0 Å². The predicted molar refractivity (Wildman–Crippen MR) is 94.4 cm³/mol. The van der Waals surface area contributed by atoms with Gasteiger partial charge in [-0.25, -0.2) is 4.89 Å². The molecule has 0 spiro atoms. The number of rotatable bonds is 16. The zero-order chi connectivity index (χ0) is 17.2. The van der Waals surface area contributed by atoms with Crippen molar-refractivity contribution < 1.29 is 19.7 Å². The summed E-state index contributed by atoms with van der Waals surface area (Å²) in [6, 6.07) is 0. The third kappa shape index (κ3) is 15.8. The minimum absolute atomic E-state index is 0.0506. The largest absolute Gasteiger partial charge is 0.469 e. The Balaban J connectivity index is 3.46. The number of allylic oxidation sites excluding steroid dienone is 2. The highest BCUT2D eigenvalue weighted by Gasteiger charge is 2.07. The van der Waals surface area contributed by atoms with E-state index in [1.54, 1.807) is 0 Å². The molecule has 0 aromatic carbocycles. The molecule has 0 rings (SSSR count). The fourth-order valence-electron chi connectivity index (χ4n) is 2.55. The number of methoxy groups -OCH3 is 1. The Morgan fingerprint density at radius 1 is 0.957 bits per heavy atom. The molecule has 0 aliphatic rings. The first-order valence-electron chi connectivity index (χ1n) is 9.26. The fourth-order valence-corrected chi connectivity index (χ4v) is 2.55. The van der Waals surface area contributed by atoms with E-state index in [1.165, 1.54) is 26.4 Å². The number of carbonyl (C=O) groups is 1. The van der Waals surface area contributed by atoms with E-state index in [0.29, 0.717) is 6.42 Å². The molecule has 0 amide bonds. The van der Waals surface area contributed by atoms with Gasteiger partial charge in [-0.05, 0) is 38.5 Å². The van der Waals surface area contributed by atoms with Crippen molar-refractivity contribution in [2.45, 2.75) is 96.5 Å². The first-order chi connectivity index (χ1) is 11.2. The summed E-state index contributed by atoms with van der Waals surface area (Å²) in [4.78, 5) is 15.5. The van der Waals surface area contributed by atoms with E-state index in [0.717, 1.165) is 57.8 Å². The molecule has 23 heavy (non-hydrogen) atoms. The highest BCUT2D eigenvalue weighted by Crippen LogP contribution is 2.14. The van der Waals surface area contributed by atoms with Crippen LogP contribution in [0.4, 0.5) is 0 Å². The fraction of sp³-hybridized carbons (Fsp3) is 0.842. The molecule has 0 aliphatic heterocycles. The molecule has 4 heteroatoms. The van der Waals surface area contributed by atoms with Crippen molar-refractivity contribution in [1.29, 1.82) is 0 Å². The quantitative estimate of drug-likeness (QED) is 0.130. The summed E-state index contributed by atoms with van der Waals surface area (Å²) in [7, 11) is 1.43. The average Bonchev–Trinajstić information content (AvgIpc) is 2.57. The Labute approximate surface area is 142 Å². The topological polar surface area (TPSA) is 55.8 Å². The third-order valence-electron chi connectivity index (χ3n) is 4.08. The van der Waals surface area contributed by atoms with Crippen molar-refractivity contribution in [1.82, 2.24) is 0 Å². The Kier molecular flexibility index (Phi) is 16.8. The van der Waals surface area contributed by atoms with Crippen LogP contribution in [0.2, 0.25) is 0 Å². The van der Waals surface area contributed by atoms with E-state index in [9.17, 15) is 4.79 Å². The lowest BCUT2D eigenvalue weighted by atomic mass is 10.0. The van der Waals surface area contributed by atoms with Gasteiger partial charge in [0.05, 0.1) is 13.2 Å². The molecule has 0 saturated carbocycles. The van der Waals surface area contributed by atoms with Gasteiger partial charge in [-0.1, -0.05) is 57.6 Å². The molecule has 0 radical (unpaired) electrons. The lowest BCUT2D eigenvalue weighted by Crippen LogP contribution is -2.10. The van der Waals surface area contributed by atoms with Crippen molar-refractivity contribution in [2.24, 2.45) is 0 Å². The van der Waals surface area contributed by atoms with Crippen molar-refractivity contribution in [3.8, 4) is 0 Å². The molecule has 0 heterocycles. The van der Waals surface area contributed by atoms with Crippen molar-refractivity contribution in [2.75, 3.05) is 7.11 Å². The summed E-state index contributed by atoms with van der Waals surface area (Å²) < 4.78 is 4.61. The average molecular weight is 328 g/mol. The molecular formula is C19H36O4. The van der Waals surface area contributed by atoms with Crippen molar-refractivity contribution in [3.05, 3.63) is 12.2 Å². The van der Waals surface area contributed by atoms with Gasteiger partial charge in [-0.2, -0.15) is 0 Å². The van der Waals surface area contributed by atoms with Crippen LogP contribution in [-0.4, -0.2) is 24.4 Å². The van der Waals surface area contributed by atoms with Gasteiger partial charge in [0.2, 0.25) is 0 Å². The zero-order valence-corrected chi connectivity index (χ0v) is 15.1. The summed E-state index contributed by atoms with van der Waals surface area (Å²) >= 11 is 0. The third-order valence-corrected chi connectivity index (χ3v) is 4.08. The molecular weight excluding hydrogens is 292 g/mol. The predicted octanol–water partition coefficient (Wildman–Crippen LogP) is 5.67. The van der Waals surface area contributed by atoms with Crippen LogP contribution in [0.5, 0.6) is 0 Å². The lowest BCUT2D eigenvalue weighted by molar-refractivity contribution is -0.281. The van der Waals surface area contributed by atoms with Crippen LogP contribution in [0.3, 0.4) is 0 Å². The van der Waals surface area contributed by atoms with E-state index in [2.05, 4.69) is 28.7 Å². The first-order valence-corrected chi connectivity index (χ1v) is 9.26. The monoisotopic (exact) mass is 328 g/mol. The minimum atomic E-state index is -0.124. The van der Waals surface area contributed by atoms with Crippen LogP contribution < -0.4 is 0 Å². The van der Waals surface area contributed by atoms with Crippen LogP contribution in [0.15, 0.2) is 12.2 Å². The van der Waals surface area contributed by atoms with E-state index >= 15 is 0 Å². The Bertz CT molecular complexity index is 289. The van der Waals surface area contributed by atoms with Gasteiger partial charge in [0.1, 0.15) is 0 Å². The number of hydrogen-bond donors (Lipinski definition) is 1. The van der Waals surface area contributed by atoms with E-state index in [-0.39, 0.29) is 12.1 Å². The van der Waals surface area contributed by atoms with Crippen LogP contribution in [-0.2, 0) is 14.4 Å². The Hall–Kier alpha value is -0.870. The number of hydrogen-bond acceptors (Lipinski definition) is 4. The molecule has 0 aromatic rings. The molecule has 0 aliphatic carbocycles. The Morgan fingerprint density at radius 2 is 1.65 bits per heavy atom. The summed E-state index contributed by atoms with van der Waals surface area (Å²) in [5, 5.41) is 8.95. The second-order valence-corrected chi connectivity index (χ2v) is 6.15. The van der Waals surface area contributed by atoms with Gasteiger partial charge in [-0.3, -0.25) is 10.1 Å². The highest BCUT2D eigenvalue weighted by atomic mass is 17.1. The van der Waals surface area contributed by atoms with Crippen molar-refractivity contribution in [3.63, 3.8) is 0 Å². The number of esters is 1. The zero-order valence-electron chi connectivity index (χ0n) is 15.1. The van der Waals surface area contributed by atoms with Gasteiger partial charge in [0.15, 0.2) is 0 Å². The first kappa shape index (κ1) is 22.1. The summed E-state index contributed by atoms with van der Waals surface area (Å²) in [5.41, 5.74) is 0. The second kappa shape index (κ2) is 17.5. The highest BCUT2D eigenvalue weighted by molar-refractivity contribution is 5.68. The van der Waals surface area contributed by atoms with E-state index in [1.807, 2.05) is 0 Å². The second-order valence-electron chi connectivity index (χ2n) is 6.15. The summed E-state index contributed by atoms with van der Waals surface area (Å²) in [5.74, 6) is -0.124. The molecule has 1 atom stereocenters. The molecule has 4 nitrogen and oxygen atoms in total. The van der Waals surface area contributed by atoms with Crippen LogP contribution in [0.25, 0.3) is 0 Å². The lowest BCUT2D eigenvalue weighted by Gasteiger charge is -2.11. The maximum atomic E-state index is 11.0. The molecule has 0 saturated heterocycles. The number of ether oxygens (including phenoxy) is 1. The maximum Gasteiger partial charge on any atom is 0.305 e. The van der Waals surface area contributed by atoms with Gasteiger partial charge >= 0.3 is 5.97 Å². The smallest absolute Gasteiger partial charge is 0.305 e. The van der Waals surface area contributed by atoms with Crippen LogP contribution in [0, 0.1) is 0 Å². The molecule has 0 aromatic heterocycles. The molecule has 0 fully saturated rings. The van der Waals surface area contributed by atoms with Crippen LogP contribution in [0.1, 0.15) is 90.4 Å². The minimum Gasteiger partial charge on any atom is -0.469 e. The molecule has 136 valence electrons. The standard InChI is InChI=1S/C19H36O4/c1-3-4-5-6-7-9-12-15-18(23-21)16-13-10-8-11-14-17-19(20)22-2/h7,9,18,21H,3-6,8,10-17H2,1-2H3. The molecule has 1 unspecified atom stereocenters. The number of carbonyl (C=O) groups excluding carboxylic acids is 1. The van der Waals surface area contributed by atoms with Crippen LogP contribution >= 0.6 is 0 Å². The van der Waals surface area contributed by atoms with Gasteiger partial charge < -0.3 is 4.74 Å². The summed E-state index contributed by atoms with van der Waals surface area (Å²) in [6.07, 6.45) is 17.9. The normalized spacial score (nSPS) is 12.7. The maximum absolute atomic E-state index is 11.0. The molecule has 1 N–H and O–H groups in total. The number of unbranched alkanes of at least 4 members (excludes halogenated alkanes) is 7. The SMILES string of the molecule is CCCCCC=CCCC(CCCCCCCC(=O)OC)OO. The van der Waals surface area contributed by atoms with Gasteiger partial charge in [0, 0.05) is 6.42 Å². The van der Waals surface area contributed by atoms with Crippen molar-refractivity contribution >= 4 is 5.97 Å². The van der Waals surface area contributed by atoms with E-state index in [4.69, 9.17) is 5.26 Å².